The number of sulfonamides is 1. The molecule has 5 rings (SSSR count). The van der Waals surface area contributed by atoms with Crippen molar-refractivity contribution in [1.29, 1.82) is 0 Å². The topological polar surface area (TPSA) is 162 Å². The van der Waals surface area contributed by atoms with E-state index in [9.17, 15) is 18.0 Å². The predicted octanol–water partition coefficient (Wildman–Crippen LogP) is 2.20. The summed E-state index contributed by atoms with van der Waals surface area (Å²) in [6, 6.07) is 9.98. The van der Waals surface area contributed by atoms with Gasteiger partial charge in [0, 0.05) is 38.4 Å². The van der Waals surface area contributed by atoms with Crippen molar-refractivity contribution in [2.45, 2.75) is 18.4 Å². The van der Waals surface area contributed by atoms with Gasteiger partial charge in [-0.2, -0.15) is 0 Å². The van der Waals surface area contributed by atoms with E-state index in [2.05, 4.69) is 20.0 Å². The Kier molecular flexibility index (Phi) is 7.60. The van der Waals surface area contributed by atoms with Gasteiger partial charge in [-0.15, -0.1) is 0 Å². The van der Waals surface area contributed by atoms with E-state index in [4.69, 9.17) is 10.5 Å². The van der Waals surface area contributed by atoms with Crippen LogP contribution >= 0.6 is 0 Å². The highest BCUT2D eigenvalue weighted by Gasteiger charge is 2.22. The second-order valence-corrected chi connectivity index (χ2v) is 10.9. The molecule has 0 bridgehead atoms. The van der Waals surface area contributed by atoms with Crippen molar-refractivity contribution in [2.24, 2.45) is 0 Å². The molecule has 1 aromatic carbocycles. The molecule has 3 aromatic heterocycles. The number of aromatic nitrogens is 3. The van der Waals surface area contributed by atoms with Gasteiger partial charge in [-0.3, -0.25) is 14.3 Å². The first kappa shape index (κ1) is 28.0. The van der Waals surface area contributed by atoms with Crippen molar-refractivity contribution in [2.75, 3.05) is 48.7 Å². The molecule has 0 atom stereocenters. The summed E-state index contributed by atoms with van der Waals surface area (Å²) in [6.07, 6.45) is 1.23. The number of rotatable bonds is 7. The summed E-state index contributed by atoms with van der Waals surface area (Å²) >= 11 is 0. The standard InChI is InChI=1S/C27H28FN7O5S/c1-3-35-25(29)23(27(37)30-2)24(36)18-6-8-20(32-26(18)35)16-4-7-21(19(28)14-16)33-41(38,39)17-5-9-22(31-15-17)34-10-12-40-13-11-34/h4-9,14-15,33H,3,10-13,29H2,1-2H3,(H,30,37). The van der Waals surface area contributed by atoms with Crippen LogP contribution < -0.4 is 26.1 Å². The van der Waals surface area contributed by atoms with Gasteiger partial charge in [0.15, 0.2) is 0 Å². The Morgan fingerprint density at radius 1 is 1.15 bits per heavy atom. The van der Waals surface area contributed by atoms with Gasteiger partial charge in [0.2, 0.25) is 5.43 Å². The Balaban J connectivity index is 1.43. The van der Waals surface area contributed by atoms with E-state index >= 15 is 4.39 Å². The van der Waals surface area contributed by atoms with E-state index in [1.165, 1.54) is 48.1 Å². The third kappa shape index (κ3) is 5.30. The van der Waals surface area contributed by atoms with Crippen molar-refractivity contribution in [1.82, 2.24) is 19.9 Å². The van der Waals surface area contributed by atoms with Gasteiger partial charge in [-0.25, -0.2) is 22.8 Å². The molecule has 0 spiro atoms. The summed E-state index contributed by atoms with van der Waals surface area (Å²) in [6.45, 7) is 4.55. The van der Waals surface area contributed by atoms with Crippen LogP contribution in [-0.4, -0.2) is 62.2 Å². The van der Waals surface area contributed by atoms with Crippen molar-refractivity contribution >= 4 is 44.3 Å². The largest absolute Gasteiger partial charge is 0.384 e. The first-order valence-corrected chi connectivity index (χ1v) is 14.3. The van der Waals surface area contributed by atoms with Gasteiger partial charge < -0.3 is 25.3 Å². The van der Waals surface area contributed by atoms with Crippen LogP contribution in [0.2, 0.25) is 0 Å². The summed E-state index contributed by atoms with van der Waals surface area (Å²) in [5.74, 6) is -0.832. The molecule has 1 aliphatic heterocycles. The molecule has 4 N–H and O–H groups in total. The van der Waals surface area contributed by atoms with Crippen LogP contribution in [0.15, 0.2) is 58.4 Å². The Hall–Kier alpha value is -4.56. The van der Waals surface area contributed by atoms with Crippen LogP contribution in [0.5, 0.6) is 0 Å². The number of amides is 1. The number of anilines is 3. The lowest BCUT2D eigenvalue weighted by Crippen LogP contribution is -2.36. The van der Waals surface area contributed by atoms with Gasteiger partial charge in [-0.1, -0.05) is 6.07 Å². The lowest BCUT2D eigenvalue weighted by molar-refractivity contribution is 0.0962. The molecule has 1 aliphatic rings. The first-order chi connectivity index (χ1) is 19.6. The fourth-order valence-corrected chi connectivity index (χ4v) is 5.64. The predicted molar refractivity (Wildman–Crippen MR) is 153 cm³/mol. The number of hydrogen-bond acceptors (Lipinski definition) is 9. The monoisotopic (exact) mass is 581 g/mol. The summed E-state index contributed by atoms with van der Waals surface area (Å²) < 4.78 is 50.1. The zero-order valence-electron chi connectivity index (χ0n) is 22.3. The maximum absolute atomic E-state index is 15.1. The van der Waals surface area contributed by atoms with Crippen LogP contribution in [0.1, 0.15) is 17.3 Å². The molecule has 1 saturated heterocycles. The van der Waals surface area contributed by atoms with Crippen molar-refractivity contribution in [3.05, 3.63) is 70.3 Å². The third-order valence-corrected chi connectivity index (χ3v) is 8.15. The van der Waals surface area contributed by atoms with E-state index in [0.717, 1.165) is 6.07 Å². The number of halogens is 1. The molecule has 4 heterocycles. The second-order valence-electron chi connectivity index (χ2n) is 9.23. The number of nitrogen functional groups attached to an aromatic ring is 1. The number of carbonyl (C=O) groups is 1. The molecule has 12 nitrogen and oxygen atoms in total. The zero-order chi connectivity index (χ0) is 29.3. The Labute approximate surface area is 235 Å². The Bertz CT molecular complexity index is 1800. The summed E-state index contributed by atoms with van der Waals surface area (Å²) in [5, 5.41) is 2.60. The van der Waals surface area contributed by atoms with Crippen LogP contribution in [0.25, 0.3) is 22.3 Å². The minimum atomic E-state index is -4.12. The Morgan fingerprint density at radius 3 is 2.54 bits per heavy atom. The molecular formula is C27H28FN7O5S. The third-order valence-electron chi connectivity index (χ3n) is 6.80. The van der Waals surface area contributed by atoms with Crippen molar-refractivity contribution in [3.63, 3.8) is 0 Å². The second kappa shape index (κ2) is 11.1. The van der Waals surface area contributed by atoms with Crippen LogP contribution in [0.3, 0.4) is 0 Å². The highest BCUT2D eigenvalue weighted by molar-refractivity contribution is 7.92. The van der Waals surface area contributed by atoms with Gasteiger partial charge in [-0.05, 0) is 43.3 Å². The van der Waals surface area contributed by atoms with Gasteiger partial charge in [0.1, 0.15) is 33.6 Å². The highest BCUT2D eigenvalue weighted by Crippen LogP contribution is 2.27. The number of morpholine rings is 1. The van der Waals surface area contributed by atoms with Crippen LogP contribution in [-0.2, 0) is 21.3 Å². The summed E-state index contributed by atoms with van der Waals surface area (Å²) in [4.78, 5) is 35.9. The minimum Gasteiger partial charge on any atom is -0.384 e. The normalized spacial score (nSPS) is 13.8. The number of fused-ring (bicyclic) bond motifs is 1. The molecule has 0 aliphatic carbocycles. The van der Waals surface area contributed by atoms with E-state index in [1.54, 1.807) is 13.0 Å². The number of pyridine rings is 3. The Morgan fingerprint density at radius 2 is 1.90 bits per heavy atom. The van der Waals surface area contributed by atoms with Gasteiger partial charge >= 0.3 is 0 Å². The lowest BCUT2D eigenvalue weighted by Gasteiger charge is -2.27. The molecule has 0 unspecified atom stereocenters. The molecule has 0 saturated carbocycles. The van der Waals surface area contributed by atoms with E-state index < -0.39 is 27.2 Å². The van der Waals surface area contributed by atoms with E-state index in [-0.39, 0.29) is 33.0 Å². The molecular weight excluding hydrogens is 553 g/mol. The van der Waals surface area contributed by atoms with Crippen molar-refractivity contribution in [3.8, 4) is 11.3 Å². The number of nitrogens with zero attached hydrogens (tertiary/aromatic N) is 4. The van der Waals surface area contributed by atoms with E-state index in [1.807, 2.05) is 4.90 Å². The average Bonchev–Trinajstić information content (AvgIpc) is 2.98. The summed E-state index contributed by atoms with van der Waals surface area (Å²) in [7, 11) is -2.71. The molecule has 41 heavy (non-hydrogen) atoms. The fourth-order valence-electron chi connectivity index (χ4n) is 4.63. The number of nitrogens with two attached hydrogens (primary N) is 1. The van der Waals surface area contributed by atoms with Gasteiger partial charge in [0.05, 0.1) is 30.0 Å². The van der Waals surface area contributed by atoms with E-state index in [0.29, 0.717) is 49.9 Å². The molecule has 14 heteroatoms. The first-order valence-electron chi connectivity index (χ1n) is 12.8. The molecule has 214 valence electrons. The number of benzene rings is 1. The average molecular weight is 582 g/mol. The van der Waals surface area contributed by atoms with Gasteiger partial charge in [0.25, 0.3) is 15.9 Å². The van der Waals surface area contributed by atoms with Crippen molar-refractivity contribution < 1.29 is 22.3 Å². The SMILES string of the molecule is CCn1c(N)c(C(=O)NC)c(=O)c2ccc(-c3ccc(NS(=O)(=O)c4ccc(N5CCOCC5)nc4)c(F)c3)nc21. The molecule has 0 radical (unpaired) electrons. The smallest absolute Gasteiger partial charge is 0.263 e. The number of carbonyl (C=O) groups excluding carboxylic acids is 1. The highest BCUT2D eigenvalue weighted by atomic mass is 32.2. The lowest BCUT2D eigenvalue weighted by atomic mass is 10.1. The van der Waals surface area contributed by atoms with Crippen LogP contribution in [0.4, 0.5) is 21.7 Å². The minimum absolute atomic E-state index is 0.0302. The summed E-state index contributed by atoms with van der Waals surface area (Å²) in [5.41, 5.74) is 6.05. The molecule has 4 aromatic rings. The number of nitrogens with one attached hydrogen (secondary N) is 2. The fraction of sp³-hybridized carbons (Fsp3) is 0.259. The molecule has 1 fully saturated rings. The zero-order valence-corrected chi connectivity index (χ0v) is 23.2. The number of ether oxygens (including phenoxy) is 1. The quantitative estimate of drug-likeness (QED) is 0.297. The number of aryl methyl sites for hydroxylation is 1. The number of hydrogen-bond donors (Lipinski definition) is 3. The maximum Gasteiger partial charge on any atom is 0.263 e. The van der Waals surface area contributed by atoms with Crippen LogP contribution in [0, 0.1) is 5.82 Å². The maximum atomic E-state index is 15.1. The molecule has 1 amide bonds.